The number of aliphatic hydroxyl groups is 3. The Kier molecular flexibility index (Phi) is 5.76. The van der Waals surface area contributed by atoms with E-state index in [0.29, 0.717) is 19.3 Å². The number of carbonyl (C=O) groups is 1. The van der Waals surface area contributed by atoms with E-state index in [1.807, 2.05) is 0 Å². The lowest BCUT2D eigenvalue weighted by Crippen LogP contribution is -2.58. The minimum atomic E-state index is -1.35. The van der Waals surface area contributed by atoms with Crippen LogP contribution in [-0.4, -0.2) is 45.2 Å². The molecular weight excluding hydrogens is 320 g/mol. The highest BCUT2D eigenvalue weighted by Gasteiger charge is 2.63. The van der Waals surface area contributed by atoms with E-state index in [9.17, 15) is 20.1 Å². The van der Waals surface area contributed by atoms with Gasteiger partial charge in [0.05, 0.1) is 12.2 Å². The lowest BCUT2D eigenvalue weighted by Gasteiger charge is -2.57. The van der Waals surface area contributed by atoms with Crippen LogP contribution in [0, 0.1) is 16.7 Å². The van der Waals surface area contributed by atoms with E-state index in [1.54, 1.807) is 13.8 Å². The van der Waals surface area contributed by atoms with Gasteiger partial charge in [-0.15, -0.1) is 0 Å². The fourth-order valence-corrected chi connectivity index (χ4v) is 5.38. The van der Waals surface area contributed by atoms with Crippen LogP contribution in [0.2, 0.25) is 0 Å². The number of ketones is 1. The first-order valence-corrected chi connectivity index (χ1v) is 9.61. The summed E-state index contributed by atoms with van der Waals surface area (Å²) < 4.78 is 6.12. The minimum absolute atomic E-state index is 0.0100. The second kappa shape index (κ2) is 6.91. The molecule has 5 unspecified atom stereocenters. The van der Waals surface area contributed by atoms with Gasteiger partial charge in [0, 0.05) is 18.3 Å². The Morgan fingerprint density at radius 2 is 1.80 bits per heavy atom. The Morgan fingerprint density at radius 3 is 2.36 bits per heavy atom. The molecule has 5 nitrogen and oxygen atoms in total. The maximum atomic E-state index is 11.6. The third-order valence-electron chi connectivity index (χ3n) is 7.15. The lowest BCUT2D eigenvalue weighted by atomic mass is 9.52. The largest absolute Gasteiger partial charge is 0.394 e. The molecule has 0 aromatic carbocycles. The smallest absolute Gasteiger partial charge is 0.172 e. The Labute approximate surface area is 151 Å². The molecule has 25 heavy (non-hydrogen) atoms. The van der Waals surface area contributed by atoms with Crippen molar-refractivity contribution in [3.63, 3.8) is 0 Å². The van der Waals surface area contributed by atoms with Crippen molar-refractivity contribution in [2.45, 2.75) is 97.1 Å². The zero-order chi connectivity index (χ0) is 19.1. The first-order chi connectivity index (χ1) is 11.4. The number of ether oxygens (including phenoxy) is 1. The van der Waals surface area contributed by atoms with Gasteiger partial charge in [0.25, 0.3) is 0 Å². The zero-order valence-corrected chi connectivity index (χ0v) is 16.5. The van der Waals surface area contributed by atoms with Crippen LogP contribution in [0.15, 0.2) is 0 Å². The summed E-state index contributed by atoms with van der Waals surface area (Å²) in [6, 6.07) is 0. The summed E-state index contributed by atoms with van der Waals surface area (Å²) in [6.45, 7) is 9.50. The van der Waals surface area contributed by atoms with Crippen LogP contribution < -0.4 is 0 Å². The van der Waals surface area contributed by atoms with Gasteiger partial charge in [0.15, 0.2) is 5.79 Å². The molecule has 1 saturated carbocycles. The Balaban J connectivity index is 2.33. The maximum Gasteiger partial charge on any atom is 0.172 e. The molecule has 3 N–H and O–H groups in total. The standard InChI is InChI=1S/C20H36O5/c1-14(22)7-8-15-17(2,3)9-6-10-18(15,4)20(24)12-11-19(5,25-20)16(23)13-21/h15-16,21,23-24H,6-13H2,1-5H3. The summed E-state index contributed by atoms with van der Waals surface area (Å²) in [4.78, 5) is 11.6. The average Bonchev–Trinajstić information content (AvgIpc) is 2.83. The highest BCUT2D eigenvalue weighted by molar-refractivity contribution is 5.75. The second-order valence-corrected chi connectivity index (χ2v) is 9.45. The van der Waals surface area contributed by atoms with Gasteiger partial charge in [-0.3, -0.25) is 0 Å². The number of aliphatic hydroxyl groups excluding tert-OH is 2. The third kappa shape index (κ3) is 3.66. The predicted molar refractivity (Wildman–Crippen MR) is 95.9 cm³/mol. The summed E-state index contributed by atoms with van der Waals surface area (Å²) in [7, 11) is 0. The van der Waals surface area contributed by atoms with Crippen molar-refractivity contribution in [1.29, 1.82) is 0 Å². The monoisotopic (exact) mass is 356 g/mol. The van der Waals surface area contributed by atoms with Gasteiger partial charge in [-0.2, -0.15) is 0 Å². The maximum absolute atomic E-state index is 11.6. The quantitative estimate of drug-likeness (QED) is 0.681. The third-order valence-corrected chi connectivity index (χ3v) is 7.15. The van der Waals surface area contributed by atoms with Gasteiger partial charge in [-0.1, -0.05) is 27.2 Å². The molecule has 1 saturated heterocycles. The molecule has 146 valence electrons. The van der Waals surface area contributed by atoms with Crippen LogP contribution in [0.4, 0.5) is 0 Å². The van der Waals surface area contributed by atoms with E-state index in [2.05, 4.69) is 20.8 Å². The summed E-state index contributed by atoms with van der Waals surface area (Å²) in [5.74, 6) is -1.03. The molecule has 1 aliphatic heterocycles. The molecule has 0 amide bonds. The topological polar surface area (TPSA) is 87.0 Å². The zero-order valence-electron chi connectivity index (χ0n) is 16.5. The van der Waals surface area contributed by atoms with Crippen molar-refractivity contribution in [2.75, 3.05) is 6.61 Å². The van der Waals surface area contributed by atoms with Crippen LogP contribution in [0.5, 0.6) is 0 Å². The number of Topliss-reactive ketones (excluding diaryl/α,β-unsaturated/α-hetero) is 1. The normalized spacial score (nSPS) is 42.3. The number of hydrogen-bond donors (Lipinski definition) is 3. The molecule has 2 aliphatic rings. The first kappa shape index (κ1) is 20.8. The molecule has 0 spiro atoms. The summed E-state index contributed by atoms with van der Waals surface area (Å²) >= 11 is 0. The Hall–Kier alpha value is -0.490. The van der Waals surface area contributed by atoms with Gasteiger partial charge in [-0.05, 0) is 50.9 Å². The molecule has 0 aromatic heterocycles. The molecule has 1 heterocycles. The van der Waals surface area contributed by atoms with Crippen LogP contribution in [-0.2, 0) is 9.53 Å². The van der Waals surface area contributed by atoms with Gasteiger partial charge >= 0.3 is 0 Å². The van der Waals surface area contributed by atoms with Crippen LogP contribution in [0.3, 0.4) is 0 Å². The molecule has 0 radical (unpaired) electrons. The van der Waals surface area contributed by atoms with E-state index >= 15 is 0 Å². The number of rotatable bonds is 6. The molecule has 5 atom stereocenters. The molecule has 2 fully saturated rings. The molecule has 0 bridgehead atoms. The van der Waals surface area contributed by atoms with Crippen molar-refractivity contribution >= 4 is 5.78 Å². The molecule has 1 aliphatic carbocycles. The predicted octanol–water partition coefficient (Wildman–Crippen LogP) is 2.80. The number of carbonyl (C=O) groups excluding carboxylic acids is 1. The van der Waals surface area contributed by atoms with Gasteiger partial charge in [-0.25, -0.2) is 0 Å². The molecular formula is C20H36O5. The summed E-state index contributed by atoms with van der Waals surface area (Å²) in [6.07, 6.45) is 4.08. The summed E-state index contributed by atoms with van der Waals surface area (Å²) in [5.41, 5.74) is -1.42. The lowest BCUT2D eigenvalue weighted by molar-refractivity contribution is -0.318. The summed E-state index contributed by atoms with van der Waals surface area (Å²) in [5, 5.41) is 31.0. The highest BCUT2D eigenvalue weighted by Crippen LogP contribution is 2.61. The van der Waals surface area contributed by atoms with E-state index in [-0.39, 0.29) is 23.7 Å². The SMILES string of the molecule is CC(=O)CCC1C(C)(C)CCCC1(C)C1(O)CCC(C)(C(O)CO)O1. The second-order valence-electron chi connectivity index (χ2n) is 9.45. The van der Waals surface area contributed by atoms with Crippen molar-refractivity contribution in [1.82, 2.24) is 0 Å². The average molecular weight is 357 g/mol. The van der Waals surface area contributed by atoms with Crippen molar-refractivity contribution < 1.29 is 24.9 Å². The van der Waals surface area contributed by atoms with Crippen LogP contribution >= 0.6 is 0 Å². The van der Waals surface area contributed by atoms with E-state index in [0.717, 1.165) is 25.7 Å². The van der Waals surface area contributed by atoms with Crippen LogP contribution in [0.1, 0.15) is 79.6 Å². The van der Waals surface area contributed by atoms with Crippen molar-refractivity contribution in [2.24, 2.45) is 16.7 Å². The highest BCUT2D eigenvalue weighted by atomic mass is 16.7. The van der Waals surface area contributed by atoms with Crippen molar-refractivity contribution in [3.8, 4) is 0 Å². The fourth-order valence-electron chi connectivity index (χ4n) is 5.38. The van der Waals surface area contributed by atoms with Gasteiger partial charge in [0.2, 0.25) is 0 Å². The Morgan fingerprint density at radius 1 is 1.16 bits per heavy atom. The fraction of sp³-hybridized carbons (Fsp3) is 0.950. The number of hydrogen-bond acceptors (Lipinski definition) is 5. The van der Waals surface area contributed by atoms with Crippen molar-refractivity contribution in [3.05, 3.63) is 0 Å². The van der Waals surface area contributed by atoms with Gasteiger partial charge < -0.3 is 24.9 Å². The van der Waals surface area contributed by atoms with Gasteiger partial charge in [0.1, 0.15) is 11.9 Å². The van der Waals surface area contributed by atoms with E-state index in [4.69, 9.17) is 4.74 Å². The molecule has 2 rings (SSSR count). The Bertz CT molecular complexity index is 504. The molecule has 0 aromatic rings. The minimum Gasteiger partial charge on any atom is -0.394 e. The van der Waals surface area contributed by atoms with E-state index in [1.165, 1.54) is 0 Å². The van der Waals surface area contributed by atoms with E-state index < -0.39 is 22.9 Å². The van der Waals surface area contributed by atoms with Crippen LogP contribution in [0.25, 0.3) is 0 Å². The first-order valence-electron chi connectivity index (χ1n) is 9.61. The molecule has 5 heteroatoms.